The Hall–Kier alpha value is -3.82. The molecule has 0 atom stereocenters. The first-order valence-corrected chi connectivity index (χ1v) is 13.9. The summed E-state index contributed by atoms with van der Waals surface area (Å²) in [5, 5.41) is 0.732. The van der Waals surface area contributed by atoms with Crippen LogP contribution in [0.2, 0.25) is 0 Å². The number of anilines is 1. The van der Waals surface area contributed by atoms with Crippen molar-refractivity contribution in [3.8, 4) is 0 Å². The van der Waals surface area contributed by atoms with E-state index < -0.39 is 10.0 Å². The Morgan fingerprint density at radius 2 is 1.61 bits per heavy atom. The summed E-state index contributed by atoms with van der Waals surface area (Å²) in [6.45, 7) is 6.53. The number of para-hydroxylation sites is 1. The molecule has 0 saturated carbocycles. The van der Waals surface area contributed by atoms with E-state index in [-0.39, 0.29) is 22.2 Å². The van der Waals surface area contributed by atoms with Crippen LogP contribution in [0.3, 0.4) is 0 Å². The monoisotopic (exact) mass is 532 g/mol. The summed E-state index contributed by atoms with van der Waals surface area (Å²) in [5.74, 6) is -0.371. The van der Waals surface area contributed by atoms with Crippen molar-refractivity contribution in [2.45, 2.75) is 24.3 Å². The summed E-state index contributed by atoms with van der Waals surface area (Å²) in [4.78, 5) is 21.5. The number of aromatic nitrogens is 1. The molecule has 0 bridgehead atoms. The highest BCUT2D eigenvalue weighted by Crippen LogP contribution is 2.30. The normalized spacial score (nSPS) is 15.0. The third kappa shape index (κ3) is 5.12. The standard InChI is InChI=1S/C29H29FN4O3S/c1-29(2,23-8-4-9-24(30)20-23)34-18-16-33(17-19-34)28(35)22-11-13-25(14-12-22)32-38(36,37)26-10-3-6-21-7-5-15-31-27(21)26/h3-15,20,32H,16-19H2,1-2H3. The number of nitrogens with one attached hydrogen (secondary N) is 1. The second kappa shape index (κ2) is 10.2. The third-order valence-electron chi connectivity index (χ3n) is 7.16. The fourth-order valence-corrected chi connectivity index (χ4v) is 6.13. The van der Waals surface area contributed by atoms with Gasteiger partial charge in [0.2, 0.25) is 0 Å². The van der Waals surface area contributed by atoms with E-state index in [0.717, 1.165) is 10.9 Å². The molecule has 1 N–H and O–H groups in total. The Bertz CT molecular complexity index is 1580. The quantitative estimate of drug-likeness (QED) is 0.383. The zero-order valence-corrected chi connectivity index (χ0v) is 22.1. The van der Waals surface area contributed by atoms with Gasteiger partial charge in [-0.15, -0.1) is 0 Å². The number of piperazine rings is 1. The maximum atomic E-state index is 13.8. The van der Waals surface area contributed by atoms with Gasteiger partial charge in [0.25, 0.3) is 15.9 Å². The van der Waals surface area contributed by atoms with Crippen LogP contribution in [0.15, 0.2) is 90.0 Å². The number of sulfonamides is 1. The minimum Gasteiger partial charge on any atom is -0.336 e. The van der Waals surface area contributed by atoms with Crippen molar-refractivity contribution >= 4 is 32.5 Å². The lowest BCUT2D eigenvalue weighted by atomic mass is 9.91. The molecule has 0 unspecified atom stereocenters. The third-order valence-corrected chi connectivity index (χ3v) is 8.57. The summed E-state index contributed by atoms with van der Waals surface area (Å²) in [7, 11) is -3.88. The number of carbonyl (C=O) groups excluding carboxylic acids is 1. The molecule has 38 heavy (non-hydrogen) atoms. The molecule has 1 aliphatic rings. The number of hydrogen-bond acceptors (Lipinski definition) is 5. The van der Waals surface area contributed by atoms with Crippen LogP contribution < -0.4 is 4.72 Å². The minimum atomic E-state index is -3.88. The van der Waals surface area contributed by atoms with E-state index in [9.17, 15) is 17.6 Å². The minimum absolute atomic E-state index is 0.0924. The number of amides is 1. The molecule has 4 aromatic rings. The summed E-state index contributed by atoms with van der Waals surface area (Å²) in [6.07, 6.45) is 1.56. The SMILES string of the molecule is CC(C)(c1cccc(F)c1)N1CCN(C(=O)c2ccc(NS(=O)(=O)c3cccc4cccnc34)cc2)CC1. The highest BCUT2D eigenvalue weighted by molar-refractivity contribution is 7.93. The molecule has 5 rings (SSSR count). The van der Waals surface area contributed by atoms with Crippen LogP contribution in [-0.4, -0.2) is 55.3 Å². The topological polar surface area (TPSA) is 82.6 Å². The lowest BCUT2D eigenvalue weighted by Crippen LogP contribution is -2.54. The van der Waals surface area contributed by atoms with Gasteiger partial charge >= 0.3 is 0 Å². The Labute approximate surface area is 222 Å². The van der Waals surface area contributed by atoms with Crippen molar-refractivity contribution in [3.05, 3.63) is 102 Å². The Balaban J connectivity index is 1.24. The van der Waals surface area contributed by atoms with Gasteiger partial charge in [0.15, 0.2) is 0 Å². The average molecular weight is 533 g/mol. The molecule has 3 aromatic carbocycles. The van der Waals surface area contributed by atoms with Gasteiger partial charge < -0.3 is 4.90 Å². The van der Waals surface area contributed by atoms with E-state index in [2.05, 4.69) is 28.5 Å². The van der Waals surface area contributed by atoms with Crippen LogP contribution in [-0.2, 0) is 15.6 Å². The predicted molar refractivity (Wildman–Crippen MR) is 146 cm³/mol. The molecule has 0 spiro atoms. The molecular weight excluding hydrogens is 503 g/mol. The Morgan fingerprint density at radius 1 is 0.921 bits per heavy atom. The van der Waals surface area contributed by atoms with Gasteiger partial charge in [-0.05, 0) is 67.9 Å². The van der Waals surface area contributed by atoms with Gasteiger partial charge in [-0.25, -0.2) is 12.8 Å². The zero-order chi connectivity index (χ0) is 26.9. The molecule has 2 heterocycles. The summed E-state index contributed by atoms with van der Waals surface area (Å²) < 4.78 is 42.5. The number of fused-ring (bicyclic) bond motifs is 1. The second-order valence-electron chi connectivity index (χ2n) is 9.86. The average Bonchev–Trinajstić information content (AvgIpc) is 2.92. The predicted octanol–water partition coefficient (Wildman–Crippen LogP) is 4.87. The van der Waals surface area contributed by atoms with E-state index in [0.29, 0.717) is 42.9 Å². The Kier molecular flexibility index (Phi) is 6.90. The maximum absolute atomic E-state index is 13.8. The molecule has 1 fully saturated rings. The number of nitrogens with zero attached hydrogens (tertiary/aromatic N) is 3. The smallest absolute Gasteiger partial charge is 0.264 e. The van der Waals surface area contributed by atoms with Gasteiger partial charge in [-0.1, -0.05) is 30.3 Å². The number of hydrogen-bond donors (Lipinski definition) is 1. The number of pyridine rings is 1. The summed E-state index contributed by atoms with van der Waals surface area (Å²) in [5.41, 5.74) is 1.77. The van der Waals surface area contributed by atoms with Crippen LogP contribution in [0.5, 0.6) is 0 Å². The van der Waals surface area contributed by atoms with E-state index in [1.807, 2.05) is 18.2 Å². The van der Waals surface area contributed by atoms with Crippen molar-refractivity contribution in [1.82, 2.24) is 14.8 Å². The zero-order valence-electron chi connectivity index (χ0n) is 21.3. The maximum Gasteiger partial charge on any atom is 0.264 e. The van der Waals surface area contributed by atoms with Gasteiger partial charge in [0.1, 0.15) is 10.7 Å². The molecule has 1 aliphatic heterocycles. The van der Waals surface area contributed by atoms with Crippen molar-refractivity contribution in [3.63, 3.8) is 0 Å². The molecule has 196 valence electrons. The molecular formula is C29H29FN4O3S. The first-order valence-electron chi connectivity index (χ1n) is 12.4. The number of benzene rings is 3. The number of halogens is 1. The van der Waals surface area contributed by atoms with Gasteiger partial charge in [0, 0.05) is 54.6 Å². The molecule has 9 heteroatoms. The van der Waals surface area contributed by atoms with Crippen molar-refractivity contribution in [2.75, 3.05) is 30.9 Å². The fraction of sp³-hybridized carbons (Fsp3) is 0.241. The number of rotatable bonds is 6. The van der Waals surface area contributed by atoms with Crippen LogP contribution >= 0.6 is 0 Å². The van der Waals surface area contributed by atoms with E-state index >= 15 is 0 Å². The van der Waals surface area contributed by atoms with Gasteiger partial charge in [0.05, 0.1) is 5.52 Å². The number of carbonyl (C=O) groups is 1. The van der Waals surface area contributed by atoms with Crippen molar-refractivity contribution < 1.29 is 17.6 Å². The lowest BCUT2D eigenvalue weighted by molar-refractivity contribution is 0.0391. The highest BCUT2D eigenvalue weighted by atomic mass is 32.2. The van der Waals surface area contributed by atoms with Crippen LogP contribution in [0.4, 0.5) is 10.1 Å². The first-order chi connectivity index (χ1) is 18.1. The fourth-order valence-electron chi connectivity index (χ4n) is 4.89. The van der Waals surface area contributed by atoms with E-state index in [4.69, 9.17) is 0 Å². The molecule has 0 radical (unpaired) electrons. The summed E-state index contributed by atoms with van der Waals surface area (Å²) in [6, 6.07) is 21.7. The van der Waals surface area contributed by atoms with Crippen molar-refractivity contribution in [1.29, 1.82) is 0 Å². The van der Waals surface area contributed by atoms with E-state index in [1.165, 1.54) is 12.1 Å². The largest absolute Gasteiger partial charge is 0.336 e. The highest BCUT2D eigenvalue weighted by Gasteiger charge is 2.33. The van der Waals surface area contributed by atoms with Crippen LogP contribution in [0.1, 0.15) is 29.8 Å². The van der Waals surface area contributed by atoms with Gasteiger partial charge in [-0.3, -0.25) is 19.4 Å². The summed E-state index contributed by atoms with van der Waals surface area (Å²) >= 11 is 0. The molecule has 1 amide bonds. The molecule has 1 aromatic heterocycles. The van der Waals surface area contributed by atoms with Crippen molar-refractivity contribution in [2.24, 2.45) is 0 Å². The van der Waals surface area contributed by atoms with E-state index in [1.54, 1.807) is 59.6 Å². The lowest BCUT2D eigenvalue weighted by Gasteiger charge is -2.44. The molecule has 1 saturated heterocycles. The molecule has 0 aliphatic carbocycles. The van der Waals surface area contributed by atoms with Gasteiger partial charge in [-0.2, -0.15) is 0 Å². The molecule has 7 nitrogen and oxygen atoms in total. The van der Waals surface area contributed by atoms with Crippen LogP contribution in [0, 0.1) is 5.82 Å². The Morgan fingerprint density at radius 3 is 2.32 bits per heavy atom. The first kappa shape index (κ1) is 25.8. The second-order valence-corrected chi connectivity index (χ2v) is 11.5. The van der Waals surface area contributed by atoms with Crippen LogP contribution in [0.25, 0.3) is 10.9 Å².